The van der Waals surface area contributed by atoms with Crippen molar-refractivity contribution in [1.29, 1.82) is 0 Å². The van der Waals surface area contributed by atoms with E-state index in [2.05, 4.69) is 0 Å². The predicted octanol–water partition coefficient (Wildman–Crippen LogP) is 0.851. The Morgan fingerprint density at radius 3 is 2.55 bits per heavy atom. The van der Waals surface area contributed by atoms with E-state index in [0.29, 0.717) is 0 Å². The average molecular weight is 157 g/mol. The Kier molecular flexibility index (Phi) is 1.85. The molecule has 0 heterocycles. The standard InChI is InChI=1S/C7H4F2O2/c8-5-2-1-4(3-10)6(9)7(5)11/h1-3,11H/p-1. The minimum absolute atomic E-state index is 0.163. The molecule has 11 heavy (non-hydrogen) atoms. The van der Waals surface area contributed by atoms with Crippen LogP contribution in [0.1, 0.15) is 10.4 Å². The normalized spacial score (nSPS) is 9.64. The molecule has 0 aromatic heterocycles. The van der Waals surface area contributed by atoms with Crippen LogP contribution in [-0.4, -0.2) is 6.29 Å². The molecule has 1 aromatic rings. The Balaban J connectivity index is 3.36. The molecule has 0 unspecified atom stereocenters. The van der Waals surface area contributed by atoms with Crippen LogP contribution in [-0.2, 0) is 0 Å². The molecule has 0 aliphatic carbocycles. The molecule has 0 amide bonds. The van der Waals surface area contributed by atoms with Crippen molar-refractivity contribution in [2.24, 2.45) is 0 Å². The zero-order valence-corrected chi connectivity index (χ0v) is 5.30. The quantitative estimate of drug-likeness (QED) is 0.567. The molecule has 58 valence electrons. The van der Waals surface area contributed by atoms with Crippen molar-refractivity contribution in [2.45, 2.75) is 0 Å². The van der Waals surface area contributed by atoms with Crippen LogP contribution in [0.5, 0.6) is 5.75 Å². The van der Waals surface area contributed by atoms with Crippen molar-refractivity contribution in [3.63, 3.8) is 0 Å². The predicted molar refractivity (Wildman–Crippen MR) is 31.2 cm³/mol. The van der Waals surface area contributed by atoms with Gasteiger partial charge in [0, 0.05) is 5.56 Å². The summed E-state index contributed by atoms with van der Waals surface area (Å²) in [4.78, 5) is 9.99. The zero-order valence-electron chi connectivity index (χ0n) is 5.30. The highest BCUT2D eigenvalue weighted by Gasteiger charge is 2.03. The average Bonchev–Trinajstić information content (AvgIpc) is 2.01. The molecule has 2 nitrogen and oxygen atoms in total. The third-order valence-corrected chi connectivity index (χ3v) is 1.21. The molecule has 0 radical (unpaired) electrons. The van der Waals surface area contributed by atoms with Crippen molar-refractivity contribution in [3.8, 4) is 5.75 Å². The lowest BCUT2D eigenvalue weighted by molar-refractivity contribution is -0.276. The highest BCUT2D eigenvalue weighted by atomic mass is 19.1. The van der Waals surface area contributed by atoms with Gasteiger partial charge in [-0.3, -0.25) is 4.79 Å². The van der Waals surface area contributed by atoms with E-state index in [1.807, 2.05) is 0 Å². The highest BCUT2D eigenvalue weighted by molar-refractivity contribution is 5.75. The molecule has 0 fully saturated rings. The molecule has 0 atom stereocenters. The molecule has 1 aromatic carbocycles. The Morgan fingerprint density at radius 2 is 2.00 bits per heavy atom. The lowest BCUT2D eigenvalue weighted by atomic mass is 10.2. The van der Waals surface area contributed by atoms with Gasteiger partial charge in [-0.25, -0.2) is 8.78 Å². The van der Waals surface area contributed by atoms with E-state index in [1.54, 1.807) is 0 Å². The van der Waals surface area contributed by atoms with Crippen LogP contribution in [0.2, 0.25) is 0 Å². The summed E-state index contributed by atoms with van der Waals surface area (Å²) in [6, 6.07) is 1.67. The van der Waals surface area contributed by atoms with Crippen LogP contribution in [0.4, 0.5) is 8.78 Å². The van der Waals surface area contributed by atoms with Gasteiger partial charge in [-0.15, -0.1) is 0 Å². The van der Waals surface area contributed by atoms with Crippen LogP contribution >= 0.6 is 0 Å². The number of carbonyl (C=O) groups excluding carboxylic acids is 1. The Hall–Kier alpha value is -1.45. The minimum atomic E-state index is -1.37. The summed E-state index contributed by atoms with van der Waals surface area (Å²) in [6.45, 7) is 0. The fourth-order valence-corrected chi connectivity index (χ4v) is 0.639. The van der Waals surface area contributed by atoms with Crippen LogP contribution in [0, 0.1) is 11.6 Å². The van der Waals surface area contributed by atoms with E-state index in [-0.39, 0.29) is 6.29 Å². The fraction of sp³-hybridized carbons (Fsp3) is 0. The Morgan fingerprint density at radius 1 is 1.36 bits per heavy atom. The van der Waals surface area contributed by atoms with Gasteiger partial charge >= 0.3 is 0 Å². The van der Waals surface area contributed by atoms with Crippen LogP contribution in [0.25, 0.3) is 0 Å². The van der Waals surface area contributed by atoms with E-state index in [1.165, 1.54) is 0 Å². The lowest BCUT2D eigenvalue weighted by Crippen LogP contribution is -2.01. The number of rotatable bonds is 1. The van der Waals surface area contributed by atoms with E-state index in [4.69, 9.17) is 0 Å². The fourth-order valence-electron chi connectivity index (χ4n) is 0.639. The van der Waals surface area contributed by atoms with Crippen molar-refractivity contribution >= 4 is 6.29 Å². The highest BCUT2D eigenvalue weighted by Crippen LogP contribution is 2.18. The zero-order chi connectivity index (χ0) is 8.43. The second-order valence-corrected chi connectivity index (χ2v) is 1.90. The number of halogens is 2. The molecule has 0 spiro atoms. The first-order valence-corrected chi connectivity index (χ1v) is 2.77. The molecule has 0 saturated carbocycles. The molecular weight excluding hydrogens is 154 g/mol. The topological polar surface area (TPSA) is 40.1 Å². The maximum Gasteiger partial charge on any atom is 0.152 e. The number of hydrogen-bond donors (Lipinski definition) is 0. The summed E-state index contributed by atoms with van der Waals surface area (Å²) in [7, 11) is 0. The smallest absolute Gasteiger partial charge is 0.152 e. The second-order valence-electron chi connectivity index (χ2n) is 1.90. The van der Waals surface area contributed by atoms with E-state index in [0.717, 1.165) is 12.1 Å². The van der Waals surface area contributed by atoms with Crippen LogP contribution in [0.15, 0.2) is 12.1 Å². The van der Waals surface area contributed by atoms with Gasteiger partial charge in [0.15, 0.2) is 6.29 Å². The molecule has 0 aliphatic heterocycles. The first-order chi connectivity index (χ1) is 5.16. The third kappa shape index (κ3) is 1.19. The number of aldehydes is 1. The first kappa shape index (κ1) is 7.65. The first-order valence-electron chi connectivity index (χ1n) is 2.77. The summed E-state index contributed by atoms with van der Waals surface area (Å²) < 4.78 is 24.7. The van der Waals surface area contributed by atoms with Crippen molar-refractivity contribution in [1.82, 2.24) is 0 Å². The minimum Gasteiger partial charge on any atom is -0.869 e. The summed E-state index contributed by atoms with van der Waals surface area (Å²) in [6.07, 6.45) is 0.163. The summed E-state index contributed by atoms with van der Waals surface area (Å²) in [5.41, 5.74) is -0.420. The van der Waals surface area contributed by atoms with Gasteiger partial charge in [-0.05, 0) is 17.9 Å². The Bertz CT molecular complexity index is 297. The van der Waals surface area contributed by atoms with Crippen molar-refractivity contribution < 1.29 is 18.7 Å². The Labute approximate surface area is 61.1 Å². The van der Waals surface area contributed by atoms with Gasteiger partial charge in [0.05, 0.1) is 0 Å². The second kappa shape index (κ2) is 2.65. The molecule has 0 N–H and O–H groups in total. The molecule has 1 rings (SSSR count). The van der Waals surface area contributed by atoms with Gasteiger partial charge in [-0.2, -0.15) is 0 Å². The van der Waals surface area contributed by atoms with Crippen molar-refractivity contribution in [3.05, 3.63) is 29.3 Å². The molecule has 4 heteroatoms. The lowest BCUT2D eigenvalue weighted by Gasteiger charge is -2.08. The third-order valence-electron chi connectivity index (χ3n) is 1.21. The van der Waals surface area contributed by atoms with Gasteiger partial charge in [0.1, 0.15) is 11.6 Å². The largest absolute Gasteiger partial charge is 0.869 e. The molecule has 0 bridgehead atoms. The van der Waals surface area contributed by atoms with Crippen LogP contribution < -0.4 is 5.11 Å². The number of hydrogen-bond acceptors (Lipinski definition) is 2. The molecule has 0 aliphatic rings. The number of benzene rings is 1. The summed E-state index contributed by atoms with van der Waals surface area (Å²) >= 11 is 0. The SMILES string of the molecule is O=Cc1ccc(F)c([O-])c1F. The van der Waals surface area contributed by atoms with Crippen LogP contribution in [0.3, 0.4) is 0 Å². The van der Waals surface area contributed by atoms with Gasteiger partial charge < -0.3 is 5.11 Å². The number of carbonyl (C=O) groups is 1. The van der Waals surface area contributed by atoms with E-state index >= 15 is 0 Å². The monoisotopic (exact) mass is 157 g/mol. The molecular formula is C7H3F2O2-. The van der Waals surface area contributed by atoms with Crippen molar-refractivity contribution in [2.75, 3.05) is 0 Å². The summed E-state index contributed by atoms with van der Waals surface area (Å²) in [5, 5.41) is 10.4. The van der Waals surface area contributed by atoms with E-state index in [9.17, 15) is 18.7 Å². The molecule has 0 saturated heterocycles. The maximum absolute atomic E-state index is 12.5. The van der Waals surface area contributed by atoms with Gasteiger partial charge in [0.25, 0.3) is 0 Å². The van der Waals surface area contributed by atoms with E-state index < -0.39 is 22.9 Å². The maximum atomic E-state index is 12.5. The van der Waals surface area contributed by atoms with Gasteiger partial charge in [0.2, 0.25) is 0 Å². The van der Waals surface area contributed by atoms with Gasteiger partial charge in [-0.1, -0.05) is 0 Å². The summed E-state index contributed by atoms with van der Waals surface area (Å²) in [5.74, 6) is -3.89.